The standard InChI is InChI=1S/C29H32N4O3/c1-32(21-22-9-4-2-5-10-22)28(35)24-11-8-12-26(19-24)30-20-27(34)31-25-15-13-23(14-16-25)29(36)33-17-6-3-7-18-33/h2,4-5,8-16,19,30H,3,6-7,17-18,20-21H2,1H3,(H,31,34). The van der Waals surface area contributed by atoms with E-state index in [1.807, 2.05) is 41.3 Å². The minimum absolute atomic E-state index is 0.0399. The summed E-state index contributed by atoms with van der Waals surface area (Å²) < 4.78 is 0. The maximum atomic E-state index is 12.8. The third kappa shape index (κ3) is 6.72. The van der Waals surface area contributed by atoms with Crippen molar-refractivity contribution < 1.29 is 14.4 Å². The van der Waals surface area contributed by atoms with Crippen LogP contribution in [0.3, 0.4) is 0 Å². The molecule has 3 aromatic carbocycles. The van der Waals surface area contributed by atoms with Crippen LogP contribution in [-0.4, -0.2) is 54.2 Å². The second-order valence-corrected chi connectivity index (χ2v) is 9.06. The Labute approximate surface area is 212 Å². The molecule has 1 aliphatic heterocycles. The van der Waals surface area contributed by atoms with E-state index in [4.69, 9.17) is 0 Å². The highest BCUT2D eigenvalue weighted by molar-refractivity contribution is 5.97. The number of anilines is 2. The molecule has 0 radical (unpaired) electrons. The zero-order valence-corrected chi connectivity index (χ0v) is 20.6. The number of likely N-dealkylation sites (tertiary alicyclic amines) is 1. The molecule has 3 aromatic rings. The monoisotopic (exact) mass is 484 g/mol. The lowest BCUT2D eigenvalue weighted by molar-refractivity contribution is -0.114. The molecule has 0 spiro atoms. The average molecular weight is 485 g/mol. The minimum Gasteiger partial charge on any atom is -0.376 e. The fourth-order valence-electron chi connectivity index (χ4n) is 4.27. The minimum atomic E-state index is -0.219. The molecule has 3 amide bonds. The number of carbonyl (C=O) groups is 3. The van der Waals surface area contributed by atoms with Crippen LogP contribution in [0.2, 0.25) is 0 Å². The Morgan fingerprint density at radius 2 is 1.53 bits per heavy atom. The molecule has 1 saturated heterocycles. The summed E-state index contributed by atoms with van der Waals surface area (Å²) in [6, 6.07) is 23.9. The highest BCUT2D eigenvalue weighted by Gasteiger charge is 2.18. The number of hydrogen-bond acceptors (Lipinski definition) is 4. The van der Waals surface area contributed by atoms with E-state index in [-0.39, 0.29) is 24.3 Å². The molecule has 7 nitrogen and oxygen atoms in total. The fourth-order valence-corrected chi connectivity index (χ4v) is 4.27. The molecular formula is C29H32N4O3. The van der Waals surface area contributed by atoms with Gasteiger partial charge in [-0.05, 0) is 67.3 Å². The van der Waals surface area contributed by atoms with Gasteiger partial charge in [0.1, 0.15) is 0 Å². The van der Waals surface area contributed by atoms with Crippen molar-refractivity contribution in [1.82, 2.24) is 9.80 Å². The van der Waals surface area contributed by atoms with Gasteiger partial charge in [-0.25, -0.2) is 0 Å². The fraction of sp³-hybridized carbons (Fsp3) is 0.276. The van der Waals surface area contributed by atoms with E-state index in [0.29, 0.717) is 29.0 Å². The molecule has 1 fully saturated rings. The summed E-state index contributed by atoms with van der Waals surface area (Å²) in [6.45, 7) is 2.17. The lowest BCUT2D eigenvalue weighted by Crippen LogP contribution is -2.35. The van der Waals surface area contributed by atoms with Gasteiger partial charge in [0.2, 0.25) is 5.91 Å². The van der Waals surface area contributed by atoms with Crippen LogP contribution < -0.4 is 10.6 Å². The molecular weight excluding hydrogens is 452 g/mol. The Morgan fingerprint density at radius 1 is 0.806 bits per heavy atom. The Kier molecular flexibility index (Phi) is 8.34. The van der Waals surface area contributed by atoms with Gasteiger partial charge >= 0.3 is 0 Å². The Balaban J connectivity index is 1.28. The quantitative estimate of drug-likeness (QED) is 0.488. The summed E-state index contributed by atoms with van der Waals surface area (Å²) in [5.41, 5.74) is 3.55. The topological polar surface area (TPSA) is 81.8 Å². The molecule has 36 heavy (non-hydrogen) atoms. The van der Waals surface area contributed by atoms with Crippen molar-refractivity contribution in [2.45, 2.75) is 25.8 Å². The highest BCUT2D eigenvalue weighted by Crippen LogP contribution is 2.17. The molecule has 0 unspecified atom stereocenters. The third-order valence-electron chi connectivity index (χ3n) is 6.23. The second-order valence-electron chi connectivity index (χ2n) is 9.06. The van der Waals surface area contributed by atoms with Crippen molar-refractivity contribution in [1.29, 1.82) is 0 Å². The first-order valence-electron chi connectivity index (χ1n) is 12.3. The maximum absolute atomic E-state index is 12.8. The first-order valence-corrected chi connectivity index (χ1v) is 12.3. The number of benzene rings is 3. The van der Waals surface area contributed by atoms with E-state index in [0.717, 1.165) is 31.5 Å². The average Bonchev–Trinajstić information content (AvgIpc) is 2.92. The van der Waals surface area contributed by atoms with Gasteiger partial charge in [-0.1, -0.05) is 36.4 Å². The lowest BCUT2D eigenvalue weighted by Gasteiger charge is -2.26. The first kappa shape index (κ1) is 25.0. The molecule has 1 aliphatic rings. The van der Waals surface area contributed by atoms with Crippen molar-refractivity contribution in [2.75, 3.05) is 37.3 Å². The van der Waals surface area contributed by atoms with Crippen LogP contribution in [0.4, 0.5) is 11.4 Å². The molecule has 186 valence electrons. The molecule has 0 saturated carbocycles. The predicted molar refractivity (Wildman–Crippen MR) is 142 cm³/mol. The van der Waals surface area contributed by atoms with E-state index in [1.54, 1.807) is 54.4 Å². The zero-order chi connectivity index (χ0) is 25.3. The lowest BCUT2D eigenvalue weighted by atomic mass is 10.1. The normalized spacial score (nSPS) is 13.1. The number of carbonyl (C=O) groups excluding carboxylic acids is 3. The SMILES string of the molecule is CN(Cc1ccccc1)C(=O)c1cccc(NCC(=O)Nc2ccc(C(=O)N3CCCCC3)cc2)c1. The highest BCUT2D eigenvalue weighted by atomic mass is 16.2. The second kappa shape index (κ2) is 12.0. The Bertz CT molecular complexity index is 1190. The van der Waals surface area contributed by atoms with E-state index in [9.17, 15) is 14.4 Å². The molecule has 0 aliphatic carbocycles. The van der Waals surface area contributed by atoms with Crippen LogP contribution in [0.5, 0.6) is 0 Å². The van der Waals surface area contributed by atoms with Crippen molar-refractivity contribution in [3.8, 4) is 0 Å². The number of nitrogens with zero attached hydrogens (tertiary/aromatic N) is 2. The zero-order valence-electron chi connectivity index (χ0n) is 20.6. The molecule has 2 N–H and O–H groups in total. The van der Waals surface area contributed by atoms with E-state index in [1.165, 1.54) is 6.42 Å². The van der Waals surface area contributed by atoms with Gasteiger partial charge in [0, 0.05) is 49.2 Å². The maximum Gasteiger partial charge on any atom is 0.253 e. The van der Waals surface area contributed by atoms with Crippen molar-refractivity contribution in [3.05, 3.63) is 95.6 Å². The van der Waals surface area contributed by atoms with Gasteiger partial charge in [-0.2, -0.15) is 0 Å². The van der Waals surface area contributed by atoms with Crippen molar-refractivity contribution >= 4 is 29.1 Å². The van der Waals surface area contributed by atoms with Crippen LogP contribution in [0.25, 0.3) is 0 Å². The summed E-state index contributed by atoms with van der Waals surface area (Å²) in [4.78, 5) is 41.5. The summed E-state index contributed by atoms with van der Waals surface area (Å²) in [6.07, 6.45) is 3.28. The number of nitrogens with one attached hydrogen (secondary N) is 2. The van der Waals surface area contributed by atoms with Crippen LogP contribution in [0.15, 0.2) is 78.9 Å². The van der Waals surface area contributed by atoms with Crippen molar-refractivity contribution in [3.63, 3.8) is 0 Å². The smallest absolute Gasteiger partial charge is 0.253 e. The van der Waals surface area contributed by atoms with E-state index < -0.39 is 0 Å². The van der Waals surface area contributed by atoms with Crippen LogP contribution in [0.1, 0.15) is 45.5 Å². The van der Waals surface area contributed by atoms with E-state index in [2.05, 4.69) is 10.6 Å². The molecule has 0 atom stereocenters. The third-order valence-corrected chi connectivity index (χ3v) is 6.23. The molecule has 7 heteroatoms. The molecule has 0 bridgehead atoms. The Morgan fingerprint density at radius 3 is 2.25 bits per heavy atom. The number of hydrogen-bond donors (Lipinski definition) is 2. The molecule has 4 rings (SSSR count). The molecule has 1 heterocycles. The largest absolute Gasteiger partial charge is 0.376 e. The summed E-state index contributed by atoms with van der Waals surface area (Å²) in [7, 11) is 1.77. The predicted octanol–water partition coefficient (Wildman–Crippen LogP) is 4.64. The van der Waals surface area contributed by atoms with Crippen LogP contribution in [0, 0.1) is 0 Å². The van der Waals surface area contributed by atoms with Crippen LogP contribution >= 0.6 is 0 Å². The number of amides is 3. The summed E-state index contributed by atoms with van der Waals surface area (Å²) >= 11 is 0. The van der Waals surface area contributed by atoms with E-state index >= 15 is 0 Å². The number of piperidine rings is 1. The van der Waals surface area contributed by atoms with Gasteiger partial charge in [0.15, 0.2) is 0 Å². The van der Waals surface area contributed by atoms with Crippen LogP contribution in [-0.2, 0) is 11.3 Å². The van der Waals surface area contributed by atoms with Gasteiger partial charge in [0.25, 0.3) is 11.8 Å². The van der Waals surface area contributed by atoms with Gasteiger partial charge in [-0.3, -0.25) is 14.4 Å². The Hall–Kier alpha value is -4.13. The van der Waals surface area contributed by atoms with Gasteiger partial charge in [0.05, 0.1) is 6.54 Å². The van der Waals surface area contributed by atoms with Gasteiger partial charge < -0.3 is 20.4 Å². The molecule has 0 aromatic heterocycles. The summed E-state index contributed by atoms with van der Waals surface area (Å²) in [5.74, 6) is -0.271. The first-order chi connectivity index (χ1) is 17.5. The van der Waals surface area contributed by atoms with Crippen molar-refractivity contribution in [2.24, 2.45) is 0 Å². The number of rotatable bonds is 8. The van der Waals surface area contributed by atoms with Gasteiger partial charge in [-0.15, -0.1) is 0 Å². The summed E-state index contributed by atoms with van der Waals surface area (Å²) in [5, 5.41) is 5.92.